The normalized spacial score (nSPS) is 31.2. The fourth-order valence-corrected chi connectivity index (χ4v) is 2.12. The summed E-state index contributed by atoms with van der Waals surface area (Å²) in [6.45, 7) is 4.10. The highest BCUT2D eigenvalue weighted by molar-refractivity contribution is 7.99. The van der Waals surface area contributed by atoms with Crippen molar-refractivity contribution >= 4 is 17.8 Å². The number of urea groups is 1. The second-order valence-electron chi connectivity index (χ2n) is 3.29. The molecule has 0 spiro atoms. The quantitative estimate of drug-likeness (QED) is 0.472. The highest BCUT2D eigenvalue weighted by atomic mass is 32.2. The van der Waals surface area contributed by atoms with Crippen molar-refractivity contribution in [2.45, 2.75) is 25.8 Å². The van der Waals surface area contributed by atoms with Crippen molar-refractivity contribution in [3.05, 3.63) is 0 Å². The van der Waals surface area contributed by atoms with Crippen LogP contribution in [0.4, 0.5) is 4.79 Å². The topological polar surface area (TPSA) is 58.4 Å². The molecule has 1 unspecified atom stereocenters. The Morgan fingerprint density at radius 3 is 3.08 bits per heavy atom. The number of amides is 2. The number of nitrogens with zero attached hydrogens (tertiary/aromatic N) is 1. The van der Waals surface area contributed by atoms with Crippen LogP contribution in [0.5, 0.6) is 0 Å². The first-order chi connectivity index (χ1) is 5.57. The average Bonchev–Trinajstić information content (AvgIpc) is 2.14. The minimum absolute atomic E-state index is 0.101. The molecule has 0 aromatic heterocycles. The third-order valence-electron chi connectivity index (χ3n) is 2.10. The Labute approximate surface area is 76.8 Å². The first-order valence-electron chi connectivity index (χ1n) is 3.99. The van der Waals surface area contributed by atoms with Gasteiger partial charge in [0.1, 0.15) is 0 Å². The van der Waals surface area contributed by atoms with E-state index in [0.29, 0.717) is 5.88 Å². The van der Waals surface area contributed by atoms with Crippen LogP contribution in [0.15, 0.2) is 0 Å². The number of nitrogens with two attached hydrogens (primary N) is 1. The van der Waals surface area contributed by atoms with Crippen LogP contribution in [0.1, 0.15) is 20.3 Å². The highest BCUT2D eigenvalue weighted by Gasteiger charge is 2.29. The molecule has 0 aliphatic carbocycles. The molecule has 2 amide bonds. The maximum absolute atomic E-state index is 11.3. The fourth-order valence-electron chi connectivity index (χ4n) is 0.984. The molecule has 12 heavy (non-hydrogen) atoms. The van der Waals surface area contributed by atoms with Gasteiger partial charge in [0.05, 0.1) is 5.88 Å². The van der Waals surface area contributed by atoms with Gasteiger partial charge >= 0.3 is 6.03 Å². The van der Waals surface area contributed by atoms with Gasteiger partial charge in [-0.3, -0.25) is 5.01 Å². The first kappa shape index (κ1) is 9.67. The fraction of sp³-hybridized carbons (Fsp3) is 0.857. The van der Waals surface area contributed by atoms with E-state index in [-0.39, 0.29) is 11.6 Å². The monoisotopic (exact) mass is 189 g/mol. The molecule has 1 atom stereocenters. The molecule has 1 aliphatic rings. The number of nitrogens with one attached hydrogen (secondary N) is 1. The summed E-state index contributed by atoms with van der Waals surface area (Å²) in [6, 6.07) is -0.177. The molecule has 0 saturated carbocycles. The molecule has 1 heterocycles. The number of thioether (sulfide) groups is 1. The van der Waals surface area contributed by atoms with Gasteiger partial charge in [0.25, 0.3) is 0 Å². The second-order valence-corrected chi connectivity index (χ2v) is 4.25. The van der Waals surface area contributed by atoms with Crippen LogP contribution >= 0.6 is 11.8 Å². The second kappa shape index (κ2) is 3.53. The lowest BCUT2D eigenvalue weighted by Crippen LogP contribution is -2.51. The Kier molecular flexibility index (Phi) is 2.85. The van der Waals surface area contributed by atoms with E-state index >= 15 is 0 Å². The number of hydrogen-bond donors (Lipinski definition) is 2. The summed E-state index contributed by atoms with van der Waals surface area (Å²) in [5, 5.41) is 4.11. The van der Waals surface area contributed by atoms with Gasteiger partial charge in [-0.1, -0.05) is 6.92 Å². The molecule has 0 aromatic rings. The number of hydrazine groups is 1. The smallest absolute Gasteiger partial charge is 0.331 e. The van der Waals surface area contributed by atoms with E-state index in [0.717, 1.165) is 12.2 Å². The van der Waals surface area contributed by atoms with E-state index < -0.39 is 0 Å². The molecular formula is C7H15N3OS. The maximum atomic E-state index is 11.3. The third-order valence-corrected chi connectivity index (χ3v) is 3.40. The highest BCUT2D eigenvalue weighted by Crippen LogP contribution is 2.20. The van der Waals surface area contributed by atoms with Crippen LogP contribution in [0, 0.1) is 0 Å². The summed E-state index contributed by atoms with van der Waals surface area (Å²) in [7, 11) is 0. The zero-order valence-electron chi connectivity index (χ0n) is 7.46. The molecule has 0 aromatic carbocycles. The first-order valence-corrected chi connectivity index (χ1v) is 5.15. The molecule has 0 bridgehead atoms. The molecule has 1 aliphatic heterocycles. The van der Waals surface area contributed by atoms with Crippen molar-refractivity contribution in [3.8, 4) is 0 Å². The van der Waals surface area contributed by atoms with Crippen molar-refractivity contribution in [1.29, 1.82) is 0 Å². The van der Waals surface area contributed by atoms with Gasteiger partial charge in [-0.25, -0.2) is 10.6 Å². The molecule has 70 valence electrons. The van der Waals surface area contributed by atoms with Gasteiger partial charge in [0.15, 0.2) is 0 Å². The summed E-state index contributed by atoms with van der Waals surface area (Å²) in [4.78, 5) is 11.3. The molecule has 0 radical (unpaired) electrons. The molecular weight excluding hydrogens is 174 g/mol. The standard InChI is InChI=1S/C7H15N3OS/c1-3-7(2)4-12-5-10(8)6(11)9-7/h3-5,8H2,1-2H3,(H,9,11). The number of carbonyl (C=O) groups is 1. The minimum atomic E-state index is -0.177. The molecule has 1 fully saturated rings. The van der Waals surface area contributed by atoms with Crippen LogP contribution in [-0.2, 0) is 0 Å². The SMILES string of the molecule is CCC1(C)CSCN(N)C(=O)N1. The Hall–Kier alpha value is -0.420. The number of hydrogen-bond acceptors (Lipinski definition) is 3. The Bertz CT molecular complexity index is 187. The van der Waals surface area contributed by atoms with Crippen molar-refractivity contribution in [2.75, 3.05) is 11.6 Å². The van der Waals surface area contributed by atoms with Crippen LogP contribution < -0.4 is 11.2 Å². The van der Waals surface area contributed by atoms with Gasteiger partial charge in [-0.05, 0) is 13.3 Å². The number of rotatable bonds is 1. The van der Waals surface area contributed by atoms with E-state index in [1.165, 1.54) is 5.01 Å². The van der Waals surface area contributed by atoms with E-state index in [2.05, 4.69) is 12.2 Å². The van der Waals surface area contributed by atoms with Gasteiger partial charge in [-0.15, -0.1) is 11.8 Å². The summed E-state index contributed by atoms with van der Waals surface area (Å²) in [5.74, 6) is 6.94. The Morgan fingerprint density at radius 2 is 2.50 bits per heavy atom. The molecule has 3 N–H and O–H groups in total. The molecule has 5 heteroatoms. The van der Waals surface area contributed by atoms with Crippen LogP contribution in [0.3, 0.4) is 0 Å². The summed E-state index contributed by atoms with van der Waals surface area (Å²) in [5.41, 5.74) is -0.101. The lowest BCUT2D eigenvalue weighted by molar-refractivity contribution is 0.198. The summed E-state index contributed by atoms with van der Waals surface area (Å²) in [6.07, 6.45) is 0.930. The van der Waals surface area contributed by atoms with Crippen molar-refractivity contribution in [1.82, 2.24) is 10.3 Å². The van der Waals surface area contributed by atoms with Crippen LogP contribution in [-0.4, -0.2) is 28.2 Å². The van der Waals surface area contributed by atoms with Gasteiger partial charge in [-0.2, -0.15) is 0 Å². The maximum Gasteiger partial charge on any atom is 0.332 e. The van der Waals surface area contributed by atoms with Crippen molar-refractivity contribution in [2.24, 2.45) is 5.84 Å². The lowest BCUT2D eigenvalue weighted by atomic mass is 10.0. The van der Waals surface area contributed by atoms with Crippen molar-refractivity contribution < 1.29 is 4.79 Å². The summed E-state index contributed by atoms with van der Waals surface area (Å²) >= 11 is 1.68. The molecule has 4 nitrogen and oxygen atoms in total. The van der Waals surface area contributed by atoms with Gasteiger partial charge in [0, 0.05) is 11.3 Å². The zero-order chi connectivity index (χ0) is 9.19. The van der Waals surface area contributed by atoms with E-state index in [1.807, 2.05) is 6.92 Å². The van der Waals surface area contributed by atoms with Crippen LogP contribution in [0.25, 0.3) is 0 Å². The molecule has 1 saturated heterocycles. The third kappa shape index (κ3) is 2.04. The Balaban J connectivity index is 2.66. The predicted molar refractivity (Wildman–Crippen MR) is 50.6 cm³/mol. The van der Waals surface area contributed by atoms with E-state index in [9.17, 15) is 4.79 Å². The minimum Gasteiger partial charge on any atom is -0.331 e. The van der Waals surface area contributed by atoms with Gasteiger partial charge < -0.3 is 5.32 Å². The molecule has 1 rings (SSSR count). The lowest BCUT2D eigenvalue weighted by Gasteiger charge is -2.26. The largest absolute Gasteiger partial charge is 0.332 e. The Morgan fingerprint density at radius 1 is 1.83 bits per heavy atom. The van der Waals surface area contributed by atoms with E-state index in [1.54, 1.807) is 11.8 Å². The van der Waals surface area contributed by atoms with Crippen LogP contribution in [0.2, 0.25) is 0 Å². The average molecular weight is 189 g/mol. The van der Waals surface area contributed by atoms with Crippen molar-refractivity contribution in [3.63, 3.8) is 0 Å². The zero-order valence-corrected chi connectivity index (χ0v) is 8.28. The number of carbonyl (C=O) groups excluding carboxylic acids is 1. The predicted octanol–water partition coefficient (Wildman–Crippen LogP) is 0.745. The van der Waals surface area contributed by atoms with Gasteiger partial charge in [0.2, 0.25) is 0 Å². The summed E-state index contributed by atoms with van der Waals surface area (Å²) < 4.78 is 0. The van der Waals surface area contributed by atoms with E-state index in [4.69, 9.17) is 5.84 Å².